The molecule has 0 aliphatic heterocycles. The van der Waals surface area contributed by atoms with Crippen LogP contribution >= 0.6 is 0 Å². The largest absolute Gasteiger partial charge is 0.481 e. The first kappa shape index (κ1) is 28.4. The van der Waals surface area contributed by atoms with Crippen molar-refractivity contribution in [2.75, 3.05) is 0 Å². The summed E-state index contributed by atoms with van der Waals surface area (Å²) in [4.78, 5) is 29.8. The molecule has 0 atom stereocenters. The quantitative estimate of drug-likeness (QED) is 0.209. The average Bonchev–Trinajstić information content (AvgIpc) is 2.63. The molecule has 6 nitrogen and oxygen atoms in total. The van der Waals surface area contributed by atoms with Crippen LogP contribution in [0.4, 0.5) is 0 Å². The summed E-state index contributed by atoms with van der Waals surface area (Å²) in [5, 5.41) is 15.8. The lowest BCUT2D eigenvalue weighted by Gasteiger charge is -1.99. The van der Waals surface area contributed by atoms with Gasteiger partial charge in [-0.05, 0) is 32.1 Å². The maximum atomic E-state index is 10.5. The molecule has 0 radical (unpaired) electrons. The van der Waals surface area contributed by atoms with Crippen LogP contribution in [-0.2, 0) is 14.4 Å². The Kier molecular flexibility index (Phi) is 23.5. The molecule has 0 aromatic heterocycles. The monoisotopic (exact) mass is 399 g/mol. The highest BCUT2D eigenvalue weighted by atomic mass is 16.4. The fraction of sp³-hybridized carbons (Fsp3) is 0.773. The van der Waals surface area contributed by atoms with Gasteiger partial charge in [-0.3, -0.25) is 14.4 Å². The van der Waals surface area contributed by atoms with E-state index >= 15 is 0 Å². The highest BCUT2D eigenvalue weighted by molar-refractivity contribution is 5.75. The Hall–Kier alpha value is -1.85. The van der Waals surface area contributed by atoms with Crippen LogP contribution < -0.4 is 5.73 Å². The number of primary amides is 1. The number of nitrogens with two attached hydrogens (primary N) is 1. The van der Waals surface area contributed by atoms with Gasteiger partial charge in [0.05, 0.1) is 12.8 Å². The summed E-state index contributed by atoms with van der Waals surface area (Å²) in [5.41, 5.74) is 5.10. The lowest BCUT2D eigenvalue weighted by molar-refractivity contribution is -0.143. The Morgan fingerprint density at radius 3 is 1.43 bits per heavy atom. The van der Waals surface area contributed by atoms with Crippen molar-refractivity contribution in [2.24, 2.45) is 5.73 Å². The van der Waals surface area contributed by atoms with E-state index in [0.29, 0.717) is 6.42 Å². The molecule has 28 heavy (non-hydrogen) atoms. The molecule has 1 amide bonds. The van der Waals surface area contributed by atoms with Crippen LogP contribution in [0.3, 0.4) is 0 Å². The van der Waals surface area contributed by atoms with Crippen LogP contribution in [0.15, 0.2) is 12.2 Å². The van der Waals surface area contributed by atoms with Gasteiger partial charge in [-0.25, -0.2) is 0 Å². The zero-order valence-corrected chi connectivity index (χ0v) is 17.7. The molecule has 6 heteroatoms. The van der Waals surface area contributed by atoms with Crippen LogP contribution in [0, 0.1) is 0 Å². The number of hydrogen-bond donors (Lipinski definition) is 3. The highest BCUT2D eigenvalue weighted by Gasteiger charge is 2.00. The molecule has 0 heterocycles. The van der Waals surface area contributed by atoms with Gasteiger partial charge in [-0.15, -0.1) is 0 Å². The molecule has 0 saturated heterocycles. The minimum atomic E-state index is -1.08. The zero-order chi connectivity index (χ0) is 21.5. The fourth-order valence-electron chi connectivity index (χ4n) is 2.58. The molecule has 0 aliphatic rings. The van der Waals surface area contributed by atoms with Crippen molar-refractivity contribution >= 4 is 17.8 Å². The Morgan fingerprint density at radius 2 is 1.04 bits per heavy atom. The summed E-state index contributed by atoms with van der Waals surface area (Å²) in [6.45, 7) is 2.26. The summed E-state index contributed by atoms with van der Waals surface area (Å²) < 4.78 is 0. The summed E-state index contributed by atoms with van der Waals surface area (Å²) >= 11 is 0. The van der Waals surface area contributed by atoms with Gasteiger partial charge in [-0.1, -0.05) is 70.4 Å². The van der Waals surface area contributed by atoms with Gasteiger partial charge in [0.25, 0.3) is 0 Å². The van der Waals surface area contributed by atoms with E-state index in [0.717, 1.165) is 12.8 Å². The van der Waals surface area contributed by atoms with Crippen molar-refractivity contribution in [3.63, 3.8) is 0 Å². The van der Waals surface area contributed by atoms with E-state index in [9.17, 15) is 14.4 Å². The molecule has 0 rings (SSSR count). The number of amides is 1. The molecule has 0 spiro atoms. The minimum Gasteiger partial charge on any atom is -0.481 e. The number of carbonyl (C=O) groups is 3. The Bertz CT molecular complexity index is 407. The van der Waals surface area contributed by atoms with E-state index in [1.165, 1.54) is 70.6 Å². The van der Waals surface area contributed by atoms with E-state index in [4.69, 9.17) is 15.9 Å². The number of carbonyl (C=O) groups excluding carboxylic acids is 1. The standard InChI is InChI=1S/C18H35NO.C4H6O4/c1-2-3-4-5-6-7-8-9-10-11-12-13-14-15-16-17-18(19)20;5-3(6)1-2-4(7)8/h9-10H,2-8,11-17H2,1H3,(H2,19,20);1-2H2,(H,5,6)(H,7,8). The predicted molar refractivity (Wildman–Crippen MR) is 113 cm³/mol. The third-order valence-electron chi connectivity index (χ3n) is 4.24. The maximum Gasteiger partial charge on any atom is 0.303 e. The second-order valence-electron chi connectivity index (χ2n) is 7.09. The van der Waals surface area contributed by atoms with Gasteiger partial charge in [0.1, 0.15) is 0 Å². The molecular weight excluding hydrogens is 358 g/mol. The van der Waals surface area contributed by atoms with Crippen molar-refractivity contribution in [1.29, 1.82) is 0 Å². The lowest BCUT2D eigenvalue weighted by atomic mass is 10.1. The maximum absolute atomic E-state index is 10.5. The van der Waals surface area contributed by atoms with Crippen molar-refractivity contribution in [3.8, 4) is 0 Å². The Labute approximate surface area is 170 Å². The van der Waals surface area contributed by atoms with E-state index in [1.807, 2.05) is 0 Å². The number of rotatable bonds is 18. The minimum absolute atomic E-state index is 0.164. The van der Waals surface area contributed by atoms with Crippen molar-refractivity contribution in [1.82, 2.24) is 0 Å². The Balaban J connectivity index is 0. The number of hydrogen-bond acceptors (Lipinski definition) is 3. The molecule has 0 saturated carbocycles. The van der Waals surface area contributed by atoms with E-state index in [1.54, 1.807) is 0 Å². The van der Waals surface area contributed by atoms with Gasteiger partial charge < -0.3 is 15.9 Å². The second kappa shape index (κ2) is 23.2. The van der Waals surface area contributed by atoms with Gasteiger partial charge in [0.15, 0.2) is 0 Å². The van der Waals surface area contributed by atoms with Gasteiger partial charge in [-0.2, -0.15) is 0 Å². The summed E-state index contributed by atoms with van der Waals surface area (Å²) in [7, 11) is 0. The van der Waals surface area contributed by atoms with Crippen molar-refractivity contribution in [2.45, 2.75) is 110 Å². The normalized spacial score (nSPS) is 10.5. The number of carboxylic acid groups (broad SMARTS) is 2. The van der Waals surface area contributed by atoms with Gasteiger partial charge >= 0.3 is 11.9 Å². The molecule has 164 valence electrons. The van der Waals surface area contributed by atoms with Crippen LogP contribution in [0.1, 0.15) is 110 Å². The van der Waals surface area contributed by atoms with Crippen LogP contribution in [0.5, 0.6) is 0 Å². The third kappa shape index (κ3) is 31.9. The average molecular weight is 400 g/mol. The molecule has 0 aromatic carbocycles. The fourth-order valence-corrected chi connectivity index (χ4v) is 2.58. The van der Waals surface area contributed by atoms with Crippen molar-refractivity contribution < 1.29 is 24.6 Å². The molecular formula is C22H41NO5. The Morgan fingerprint density at radius 1 is 0.643 bits per heavy atom. The second-order valence-corrected chi connectivity index (χ2v) is 7.09. The number of carboxylic acids is 2. The van der Waals surface area contributed by atoms with Crippen LogP contribution in [0.2, 0.25) is 0 Å². The molecule has 0 bridgehead atoms. The molecule has 0 aromatic rings. The predicted octanol–water partition coefficient (Wildman–Crippen LogP) is 5.45. The van der Waals surface area contributed by atoms with Crippen LogP contribution in [0.25, 0.3) is 0 Å². The summed E-state index contributed by atoms with van der Waals surface area (Å²) in [5.74, 6) is -2.32. The third-order valence-corrected chi connectivity index (χ3v) is 4.24. The van der Waals surface area contributed by atoms with Gasteiger partial charge in [0, 0.05) is 6.42 Å². The topological polar surface area (TPSA) is 118 Å². The summed E-state index contributed by atoms with van der Waals surface area (Å²) in [6.07, 6.45) is 21.3. The highest BCUT2D eigenvalue weighted by Crippen LogP contribution is 2.09. The van der Waals surface area contributed by atoms with Crippen molar-refractivity contribution in [3.05, 3.63) is 12.2 Å². The SMILES string of the molecule is CCCCCCCCC=CCCCCCCCC(N)=O.O=C(O)CCC(=O)O. The van der Waals surface area contributed by atoms with E-state index < -0.39 is 11.9 Å². The lowest BCUT2D eigenvalue weighted by Crippen LogP contribution is -2.09. The molecule has 0 aliphatic carbocycles. The van der Waals surface area contributed by atoms with Crippen LogP contribution in [-0.4, -0.2) is 28.1 Å². The van der Waals surface area contributed by atoms with E-state index in [-0.39, 0.29) is 18.7 Å². The number of unbranched alkanes of at least 4 members (excludes halogenated alkanes) is 11. The first-order valence-electron chi connectivity index (χ1n) is 10.8. The summed E-state index contributed by atoms with van der Waals surface area (Å²) in [6, 6.07) is 0. The first-order valence-corrected chi connectivity index (χ1v) is 10.8. The first-order chi connectivity index (χ1) is 13.4. The smallest absolute Gasteiger partial charge is 0.303 e. The van der Waals surface area contributed by atoms with E-state index in [2.05, 4.69) is 19.1 Å². The van der Waals surface area contributed by atoms with Gasteiger partial charge in [0.2, 0.25) is 5.91 Å². The molecule has 0 unspecified atom stereocenters. The molecule has 0 fully saturated rings. The molecule has 4 N–H and O–H groups in total. The zero-order valence-electron chi connectivity index (χ0n) is 17.7. The number of allylic oxidation sites excluding steroid dienone is 2. The number of aliphatic carboxylic acids is 2.